The molecule has 1 heterocycles. The lowest BCUT2D eigenvalue weighted by atomic mass is 10.1. The van der Waals surface area contributed by atoms with E-state index in [2.05, 4.69) is 17.6 Å². The molecule has 1 fully saturated rings. The molecule has 0 bridgehead atoms. The third kappa shape index (κ3) is 4.05. The van der Waals surface area contributed by atoms with Gasteiger partial charge in [-0.1, -0.05) is 0 Å². The number of amidine groups is 3. The van der Waals surface area contributed by atoms with Gasteiger partial charge in [0.2, 0.25) is 0 Å². The van der Waals surface area contributed by atoms with E-state index in [-0.39, 0.29) is 41.5 Å². The van der Waals surface area contributed by atoms with E-state index in [1.54, 1.807) is 0 Å². The molecule has 1 aromatic carbocycles. The first-order chi connectivity index (χ1) is 11.3. The normalized spacial score (nSPS) is 15.5. The molecule has 9 heteroatoms. The van der Waals surface area contributed by atoms with E-state index in [4.69, 9.17) is 16.2 Å². The number of benzene rings is 1. The minimum absolute atomic E-state index is 0.0152. The van der Waals surface area contributed by atoms with Crippen molar-refractivity contribution in [1.29, 1.82) is 16.2 Å². The van der Waals surface area contributed by atoms with Crippen LogP contribution in [0.15, 0.2) is 29.3 Å². The Hall–Kier alpha value is -2.55. The smallest absolute Gasteiger partial charge is 0.254 e. The molecule has 126 valence electrons. The SMILES string of the molecule is CC(=N)/N=C(\S)C(=N)N1CCN(C(=O)c2ccc(F)cc2)CC1=N. The van der Waals surface area contributed by atoms with Crippen molar-refractivity contribution in [3.8, 4) is 0 Å². The maximum absolute atomic E-state index is 12.9. The highest BCUT2D eigenvalue weighted by atomic mass is 32.1. The molecular weight excluding hydrogens is 331 g/mol. The van der Waals surface area contributed by atoms with Gasteiger partial charge in [-0.2, -0.15) is 0 Å². The van der Waals surface area contributed by atoms with Crippen LogP contribution in [0.5, 0.6) is 0 Å². The molecule has 3 N–H and O–H groups in total. The summed E-state index contributed by atoms with van der Waals surface area (Å²) in [5, 5.41) is 23.4. The predicted octanol–water partition coefficient (Wildman–Crippen LogP) is 1.86. The number of amides is 1. The van der Waals surface area contributed by atoms with E-state index in [0.29, 0.717) is 12.1 Å². The number of aliphatic imine (C=N–C) groups is 1. The molecule has 0 aliphatic carbocycles. The summed E-state index contributed by atoms with van der Waals surface area (Å²) >= 11 is 4.08. The third-order valence-corrected chi connectivity index (χ3v) is 3.71. The summed E-state index contributed by atoms with van der Waals surface area (Å²) < 4.78 is 12.9. The number of rotatable bonds is 2. The number of carbonyl (C=O) groups excluding carboxylic acids is 1. The summed E-state index contributed by atoms with van der Waals surface area (Å²) in [5.41, 5.74) is 0.351. The number of halogens is 1. The molecule has 1 aliphatic rings. The van der Waals surface area contributed by atoms with Crippen LogP contribution >= 0.6 is 12.6 Å². The van der Waals surface area contributed by atoms with Crippen LogP contribution in [0.25, 0.3) is 0 Å². The van der Waals surface area contributed by atoms with Crippen molar-refractivity contribution in [2.75, 3.05) is 19.6 Å². The summed E-state index contributed by atoms with van der Waals surface area (Å²) in [6.45, 7) is 2.06. The van der Waals surface area contributed by atoms with Crippen molar-refractivity contribution in [2.45, 2.75) is 6.92 Å². The third-order valence-electron chi connectivity index (χ3n) is 3.39. The Morgan fingerprint density at radius 2 is 1.88 bits per heavy atom. The molecule has 1 aliphatic heterocycles. The van der Waals surface area contributed by atoms with Gasteiger partial charge in [-0.05, 0) is 31.2 Å². The van der Waals surface area contributed by atoms with Crippen LogP contribution in [0.3, 0.4) is 0 Å². The van der Waals surface area contributed by atoms with Crippen LogP contribution in [0, 0.1) is 22.0 Å². The summed E-state index contributed by atoms with van der Waals surface area (Å²) in [7, 11) is 0. The monoisotopic (exact) mass is 348 g/mol. The molecular formula is C15H17FN6OS. The Balaban J connectivity index is 2.06. The highest BCUT2D eigenvalue weighted by Crippen LogP contribution is 2.12. The Kier molecular flexibility index (Phi) is 5.45. The fraction of sp³-hybridized carbons (Fsp3) is 0.267. The topological polar surface area (TPSA) is 107 Å². The van der Waals surface area contributed by atoms with Crippen LogP contribution in [0.1, 0.15) is 17.3 Å². The number of piperazine rings is 1. The van der Waals surface area contributed by atoms with Crippen molar-refractivity contribution >= 4 is 41.1 Å². The zero-order valence-corrected chi connectivity index (χ0v) is 13.9. The van der Waals surface area contributed by atoms with Crippen LogP contribution < -0.4 is 0 Å². The van der Waals surface area contributed by atoms with Gasteiger partial charge in [0.05, 0.1) is 6.54 Å². The second-order valence-corrected chi connectivity index (χ2v) is 5.62. The maximum atomic E-state index is 12.9. The van der Waals surface area contributed by atoms with Gasteiger partial charge in [0.1, 0.15) is 22.5 Å². The van der Waals surface area contributed by atoms with Crippen molar-refractivity contribution < 1.29 is 9.18 Å². The number of hydrogen-bond acceptors (Lipinski definition) is 4. The Labute approximate surface area is 144 Å². The summed E-state index contributed by atoms with van der Waals surface area (Å²) in [4.78, 5) is 19.0. The largest absolute Gasteiger partial charge is 0.329 e. The van der Waals surface area contributed by atoms with E-state index >= 15 is 0 Å². The van der Waals surface area contributed by atoms with Gasteiger partial charge in [0.15, 0.2) is 5.84 Å². The van der Waals surface area contributed by atoms with Crippen molar-refractivity contribution in [3.63, 3.8) is 0 Å². The molecule has 0 radical (unpaired) electrons. The van der Waals surface area contributed by atoms with Crippen molar-refractivity contribution in [1.82, 2.24) is 9.80 Å². The molecule has 1 aromatic rings. The average Bonchev–Trinajstić information content (AvgIpc) is 2.53. The summed E-state index contributed by atoms with van der Waals surface area (Å²) in [5.74, 6) is -0.711. The Morgan fingerprint density at radius 1 is 1.25 bits per heavy atom. The average molecular weight is 348 g/mol. The minimum Gasteiger partial charge on any atom is -0.329 e. The first-order valence-corrected chi connectivity index (χ1v) is 7.56. The number of carbonyl (C=O) groups is 1. The fourth-order valence-electron chi connectivity index (χ4n) is 2.23. The van der Waals surface area contributed by atoms with Crippen LogP contribution in [0.2, 0.25) is 0 Å². The first kappa shape index (κ1) is 17.8. The van der Waals surface area contributed by atoms with Crippen LogP contribution in [-0.2, 0) is 0 Å². The van der Waals surface area contributed by atoms with Gasteiger partial charge < -0.3 is 9.80 Å². The standard InChI is InChI=1S/C15H17FN6OS/c1-9(17)20-14(24)13(19)22-7-6-21(8-12(22)18)15(23)10-2-4-11(16)5-3-10/h2-5,18-19H,6-8H2,1H3,(H2,17,20,24). The summed E-state index contributed by atoms with van der Waals surface area (Å²) in [6.07, 6.45) is 0. The second kappa shape index (κ2) is 7.35. The van der Waals surface area contributed by atoms with Gasteiger partial charge >= 0.3 is 0 Å². The van der Waals surface area contributed by atoms with Gasteiger partial charge in [-0.15, -0.1) is 12.6 Å². The molecule has 1 saturated heterocycles. The number of thiol groups is 1. The number of nitrogens with zero attached hydrogens (tertiary/aromatic N) is 3. The van der Waals surface area contributed by atoms with Crippen molar-refractivity contribution in [3.05, 3.63) is 35.6 Å². The Morgan fingerprint density at radius 3 is 2.42 bits per heavy atom. The zero-order valence-electron chi connectivity index (χ0n) is 13.0. The van der Waals surface area contributed by atoms with E-state index < -0.39 is 5.82 Å². The van der Waals surface area contributed by atoms with E-state index in [1.165, 1.54) is 41.0 Å². The molecule has 0 spiro atoms. The maximum Gasteiger partial charge on any atom is 0.254 e. The lowest BCUT2D eigenvalue weighted by Crippen LogP contribution is -2.54. The highest BCUT2D eigenvalue weighted by molar-refractivity contribution is 7.99. The molecule has 0 aromatic heterocycles. The summed E-state index contributed by atoms with van der Waals surface area (Å²) in [6, 6.07) is 5.24. The van der Waals surface area contributed by atoms with Crippen LogP contribution in [0.4, 0.5) is 4.39 Å². The molecule has 7 nitrogen and oxygen atoms in total. The fourth-order valence-corrected chi connectivity index (χ4v) is 2.50. The van der Waals surface area contributed by atoms with Gasteiger partial charge in [0, 0.05) is 18.7 Å². The lowest BCUT2D eigenvalue weighted by Gasteiger charge is -2.36. The molecule has 0 unspecified atom stereocenters. The molecule has 0 atom stereocenters. The molecule has 0 saturated carbocycles. The predicted molar refractivity (Wildman–Crippen MR) is 94.3 cm³/mol. The van der Waals surface area contributed by atoms with E-state index in [1.807, 2.05) is 0 Å². The molecule has 2 rings (SSSR count). The number of nitrogens with one attached hydrogen (secondary N) is 3. The number of hydrogen-bond donors (Lipinski definition) is 4. The van der Waals surface area contributed by atoms with E-state index in [9.17, 15) is 9.18 Å². The highest BCUT2D eigenvalue weighted by Gasteiger charge is 2.28. The first-order valence-electron chi connectivity index (χ1n) is 7.11. The van der Waals surface area contributed by atoms with E-state index in [0.717, 1.165) is 0 Å². The molecule has 1 amide bonds. The van der Waals surface area contributed by atoms with Crippen molar-refractivity contribution in [2.24, 2.45) is 4.99 Å². The van der Waals surface area contributed by atoms with Gasteiger partial charge in [-0.3, -0.25) is 21.0 Å². The zero-order chi connectivity index (χ0) is 17.9. The second-order valence-electron chi connectivity index (χ2n) is 5.20. The van der Waals surface area contributed by atoms with Gasteiger partial charge in [0.25, 0.3) is 5.91 Å². The van der Waals surface area contributed by atoms with Gasteiger partial charge in [-0.25, -0.2) is 9.38 Å². The minimum atomic E-state index is -0.417. The quantitative estimate of drug-likeness (QED) is 0.372. The lowest BCUT2D eigenvalue weighted by molar-refractivity contribution is 0.0757. The molecule has 24 heavy (non-hydrogen) atoms. The Bertz CT molecular complexity index is 730. The van der Waals surface area contributed by atoms with Crippen LogP contribution in [-0.4, -0.2) is 57.9 Å².